The van der Waals surface area contributed by atoms with Crippen molar-refractivity contribution in [2.24, 2.45) is 0 Å². The van der Waals surface area contributed by atoms with Crippen molar-refractivity contribution in [3.05, 3.63) is 68.5 Å². The van der Waals surface area contributed by atoms with Gasteiger partial charge in [0.1, 0.15) is 17.2 Å². The molecule has 3 aromatic heterocycles. The summed E-state index contributed by atoms with van der Waals surface area (Å²) in [5.74, 6) is 1.64. The predicted molar refractivity (Wildman–Crippen MR) is 130 cm³/mol. The third-order valence-corrected chi connectivity index (χ3v) is 7.16. The van der Waals surface area contributed by atoms with Crippen LogP contribution in [0.3, 0.4) is 0 Å². The van der Waals surface area contributed by atoms with E-state index in [-0.39, 0.29) is 17.4 Å². The van der Waals surface area contributed by atoms with Crippen LogP contribution in [0.1, 0.15) is 57.8 Å². The number of carbonyl (C=O) groups excluding carboxylic acids is 1. The number of anilines is 1. The fraction of sp³-hybridized carbons (Fsp3) is 0.385. The van der Waals surface area contributed by atoms with Crippen LogP contribution in [0.2, 0.25) is 0 Å². The van der Waals surface area contributed by atoms with Crippen molar-refractivity contribution in [2.75, 3.05) is 24.7 Å². The maximum atomic E-state index is 13.6. The van der Waals surface area contributed by atoms with Crippen LogP contribution >= 0.6 is 0 Å². The van der Waals surface area contributed by atoms with E-state index in [1.807, 2.05) is 30.5 Å². The minimum Gasteiger partial charge on any atom is -0.381 e. The third-order valence-electron chi connectivity index (χ3n) is 7.16. The molecule has 8 nitrogen and oxygen atoms in total. The molecule has 174 valence electrons. The Morgan fingerprint density at radius 1 is 1.26 bits per heavy atom. The molecule has 34 heavy (non-hydrogen) atoms. The molecule has 1 saturated heterocycles. The van der Waals surface area contributed by atoms with Crippen molar-refractivity contribution < 1.29 is 9.53 Å². The minimum atomic E-state index is -0.204. The molecule has 0 aliphatic carbocycles. The summed E-state index contributed by atoms with van der Waals surface area (Å²) in [4.78, 5) is 40.7. The maximum Gasteiger partial charge on any atom is 0.274 e. The molecular formula is C26H27N5O3. The van der Waals surface area contributed by atoms with Crippen LogP contribution in [0.25, 0.3) is 16.6 Å². The summed E-state index contributed by atoms with van der Waals surface area (Å²) >= 11 is 0. The predicted octanol–water partition coefficient (Wildman–Crippen LogP) is 3.46. The number of ether oxygens (including phenoxy) is 1. The van der Waals surface area contributed by atoms with Crippen molar-refractivity contribution >= 4 is 28.3 Å². The van der Waals surface area contributed by atoms with Crippen molar-refractivity contribution in [1.82, 2.24) is 19.4 Å². The molecule has 1 atom stereocenters. The van der Waals surface area contributed by atoms with E-state index in [1.54, 1.807) is 11.0 Å². The number of amides is 1. The highest BCUT2D eigenvalue weighted by atomic mass is 16.5. The molecule has 1 N–H and O–H groups in total. The average molecular weight is 458 g/mol. The van der Waals surface area contributed by atoms with Gasteiger partial charge in [-0.3, -0.25) is 18.9 Å². The lowest BCUT2D eigenvalue weighted by molar-refractivity contribution is 0.0988. The van der Waals surface area contributed by atoms with Crippen LogP contribution in [0.5, 0.6) is 0 Å². The second-order valence-corrected chi connectivity index (χ2v) is 9.32. The van der Waals surface area contributed by atoms with Gasteiger partial charge in [-0.2, -0.15) is 0 Å². The molecule has 1 amide bonds. The van der Waals surface area contributed by atoms with Gasteiger partial charge in [-0.15, -0.1) is 0 Å². The highest BCUT2D eigenvalue weighted by molar-refractivity contribution is 6.09. The summed E-state index contributed by atoms with van der Waals surface area (Å²) in [6.45, 7) is 7.81. The van der Waals surface area contributed by atoms with Gasteiger partial charge < -0.3 is 9.72 Å². The standard InChI is InChI=1S/C26H27N5O3/c1-4-16-10-17-5-7-30(23(17)27-12-16)26(33)19-11-20-21(9-14(19)2)31-22(25(32)29-20)15(3)28-24(31)18-6-8-34-13-18/h9-12,18H,4-8,13H2,1-3H3,(H,29,32). The minimum absolute atomic E-state index is 0.0953. The molecule has 6 rings (SSSR count). The molecule has 5 heterocycles. The van der Waals surface area contributed by atoms with Crippen LogP contribution in [0, 0.1) is 13.8 Å². The quantitative estimate of drug-likeness (QED) is 0.509. The first-order valence-corrected chi connectivity index (χ1v) is 11.9. The number of fused-ring (bicyclic) bond motifs is 4. The Labute approximate surface area is 196 Å². The average Bonchev–Trinajstić information content (AvgIpc) is 3.57. The highest BCUT2D eigenvalue weighted by Gasteiger charge is 2.29. The van der Waals surface area contributed by atoms with Gasteiger partial charge in [-0.05, 0) is 61.9 Å². The molecule has 0 spiro atoms. The lowest BCUT2D eigenvalue weighted by Crippen LogP contribution is -2.30. The first-order valence-electron chi connectivity index (χ1n) is 11.9. The van der Waals surface area contributed by atoms with Crippen molar-refractivity contribution in [3.8, 4) is 0 Å². The second kappa shape index (κ2) is 7.77. The Kier molecular flexibility index (Phi) is 4.81. The highest BCUT2D eigenvalue weighted by Crippen LogP contribution is 2.31. The lowest BCUT2D eigenvalue weighted by atomic mass is 10.0. The van der Waals surface area contributed by atoms with Crippen LogP contribution in [0.15, 0.2) is 29.2 Å². The fourth-order valence-corrected chi connectivity index (χ4v) is 5.32. The Hall–Kier alpha value is -3.52. The Bertz CT molecular complexity index is 1530. The van der Waals surface area contributed by atoms with Gasteiger partial charge in [0.15, 0.2) is 0 Å². The lowest BCUT2D eigenvalue weighted by Gasteiger charge is -2.19. The van der Waals surface area contributed by atoms with E-state index in [1.165, 1.54) is 5.56 Å². The molecule has 8 heteroatoms. The van der Waals surface area contributed by atoms with E-state index in [0.717, 1.165) is 47.5 Å². The largest absolute Gasteiger partial charge is 0.381 e. The Morgan fingerprint density at radius 2 is 2.12 bits per heavy atom. The van der Waals surface area contributed by atoms with Gasteiger partial charge in [0.05, 0.1) is 23.3 Å². The molecular weight excluding hydrogens is 430 g/mol. The van der Waals surface area contributed by atoms with Crippen molar-refractivity contribution in [2.45, 2.75) is 46.0 Å². The van der Waals surface area contributed by atoms with Crippen LogP contribution in [-0.4, -0.2) is 45.0 Å². The smallest absolute Gasteiger partial charge is 0.274 e. The number of nitrogens with zero attached hydrogens (tertiary/aromatic N) is 4. The summed E-state index contributed by atoms with van der Waals surface area (Å²) in [7, 11) is 0. The SMILES string of the molecule is CCc1cnc2c(c1)CCN2C(=O)c1cc2[nH]c(=O)c3c(C)nc(C4CCOC4)n3c2cc1C. The number of aromatic nitrogens is 4. The first-order chi connectivity index (χ1) is 16.5. The number of benzene rings is 1. The fourth-order valence-electron chi connectivity index (χ4n) is 5.32. The summed E-state index contributed by atoms with van der Waals surface area (Å²) in [5, 5.41) is 0. The zero-order valence-corrected chi connectivity index (χ0v) is 19.6. The Morgan fingerprint density at radius 3 is 2.88 bits per heavy atom. The number of H-pyrrole nitrogens is 1. The monoisotopic (exact) mass is 457 g/mol. The summed E-state index contributed by atoms with van der Waals surface area (Å²) < 4.78 is 7.55. The first kappa shape index (κ1) is 21.0. The van der Waals surface area contributed by atoms with E-state index in [2.05, 4.69) is 23.0 Å². The number of pyridine rings is 1. The summed E-state index contributed by atoms with van der Waals surface area (Å²) in [5.41, 5.74) is 6.23. The zero-order chi connectivity index (χ0) is 23.6. The van der Waals surface area contributed by atoms with Crippen LogP contribution < -0.4 is 10.5 Å². The molecule has 4 aromatic rings. The third kappa shape index (κ3) is 3.09. The van der Waals surface area contributed by atoms with E-state index in [4.69, 9.17) is 9.72 Å². The number of hydrogen-bond acceptors (Lipinski definition) is 5. The maximum absolute atomic E-state index is 13.6. The van der Waals surface area contributed by atoms with Crippen molar-refractivity contribution in [3.63, 3.8) is 0 Å². The van der Waals surface area contributed by atoms with Crippen LogP contribution in [-0.2, 0) is 17.6 Å². The van der Waals surface area contributed by atoms with E-state index >= 15 is 0 Å². The van der Waals surface area contributed by atoms with Crippen molar-refractivity contribution in [1.29, 1.82) is 0 Å². The van der Waals surface area contributed by atoms with Gasteiger partial charge >= 0.3 is 0 Å². The number of hydrogen-bond donors (Lipinski definition) is 1. The zero-order valence-electron chi connectivity index (χ0n) is 19.6. The number of rotatable bonds is 3. The molecule has 0 bridgehead atoms. The number of aromatic amines is 1. The summed E-state index contributed by atoms with van der Waals surface area (Å²) in [6, 6.07) is 5.93. The molecule has 0 saturated carbocycles. The van der Waals surface area contributed by atoms with Gasteiger partial charge in [0.2, 0.25) is 0 Å². The number of nitrogens with one attached hydrogen (secondary N) is 1. The van der Waals surface area contributed by atoms with Gasteiger partial charge in [0, 0.05) is 30.8 Å². The normalized spacial score (nSPS) is 17.7. The van der Waals surface area contributed by atoms with Gasteiger partial charge in [0.25, 0.3) is 11.5 Å². The summed E-state index contributed by atoms with van der Waals surface area (Å²) in [6.07, 6.45) is 4.45. The molecule has 1 fully saturated rings. The van der Waals surface area contributed by atoms with E-state index in [9.17, 15) is 9.59 Å². The second-order valence-electron chi connectivity index (χ2n) is 9.32. The van der Waals surface area contributed by atoms with E-state index < -0.39 is 0 Å². The number of carbonyl (C=O) groups is 1. The van der Waals surface area contributed by atoms with Gasteiger partial charge in [-0.1, -0.05) is 13.0 Å². The Balaban J connectivity index is 1.49. The molecule has 2 aliphatic rings. The number of aryl methyl sites for hydroxylation is 3. The number of imidazole rings is 1. The molecule has 1 unspecified atom stereocenters. The molecule has 2 aliphatic heterocycles. The molecule has 1 aromatic carbocycles. The molecule has 0 radical (unpaired) electrons. The topological polar surface area (TPSA) is 92.6 Å². The van der Waals surface area contributed by atoms with Crippen LogP contribution in [0.4, 0.5) is 5.82 Å². The van der Waals surface area contributed by atoms with E-state index in [0.29, 0.717) is 42.0 Å². The van der Waals surface area contributed by atoms with Gasteiger partial charge in [-0.25, -0.2) is 9.97 Å².